The summed E-state index contributed by atoms with van der Waals surface area (Å²) < 4.78 is 1.98. The van der Waals surface area contributed by atoms with E-state index in [4.69, 9.17) is 11.0 Å². The molecule has 0 saturated heterocycles. The largest absolute Gasteiger partial charge is 0.369 e. The Labute approximate surface area is 106 Å². The molecule has 0 aliphatic heterocycles. The molecule has 2 N–H and O–H groups in total. The highest BCUT2D eigenvalue weighted by Gasteiger charge is 2.14. The summed E-state index contributed by atoms with van der Waals surface area (Å²) in [6.45, 7) is 2.96. The zero-order valence-corrected chi connectivity index (χ0v) is 10.9. The second-order valence-corrected chi connectivity index (χ2v) is 4.77. The average molecular weight is 243 g/mol. The molecule has 2 rings (SSSR count). The van der Waals surface area contributed by atoms with E-state index in [0.29, 0.717) is 11.5 Å². The third-order valence-electron chi connectivity index (χ3n) is 2.92. The van der Waals surface area contributed by atoms with E-state index in [1.54, 1.807) is 6.07 Å². The first-order chi connectivity index (χ1) is 8.52. The van der Waals surface area contributed by atoms with Gasteiger partial charge in [0.05, 0.1) is 22.7 Å². The summed E-state index contributed by atoms with van der Waals surface area (Å²) in [6.07, 6.45) is 0. The van der Waals surface area contributed by atoms with Crippen LogP contribution in [0.25, 0.3) is 11.0 Å². The smallest absolute Gasteiger partial charge is 0.201 e. The molecule has 94 valence electrons. The van der Waals surface area contributed by atoms with E-state index in [2.05, 4.69) is 22.9 Å². The van der Waals surface area contributed by atoms with E-state index in [0.717, 1.165) is 17.6 Å². The van der Waals surface area contributed by atoms with Gasteiger partial charge in [-0.1, -0.05) is 0 Å². The molecule has 0 amide bonds. The topological polar surface area (TPSA) is 70.9 Å². The Morgan fingerprint density at radius 1 is 1.50 bits per heavy atom. The van der Waals surface area contributed by atoms with Gasteiger partial charge in [0.1, 0.15) is 0 Å². The minimum absolute atomic E-state index is 0.207. The third-order valence-corrected chi connectivity index (χ3v) is 2.92. The summed E-state index contributed by atoms with van der Waals surface area (Å²) in [7, 11) is 4.04. The number of fused-ring (bicyclic) bond motifs is 1. The van der Waals surface area contributed by atoms with Crippen molar-refractivity contribution in [1.29, 1.82) is 5.26 Å². The lowest BCUT2D eigenvalue weighted by Crippen LogP contribution is -2.23. The molecule has 18 heavy (non-hydrogen) atoms. The number of nitrogen functional groups attached to an aromatic ring is 1. The zero-order valence-electron chi connectivity index (χ0n) is 10.9. The van der Waals surface area contributed by atoms with Crippen molar-refractivity contribution in [2.75, 3.05) is 26.4 Å². The van der Waals surface area contributed by atoms with Gasteiger partial charge < -0.3 is 15.2 Å². The maximum Gasteiger partial charge on any atom is 0.201 e. The number of nitrogens with zero attached hydrogens (tertiary/aromatic N) is 4. The van der Waals surface area contributed by atoms with Crippen molar-refractivity contribution >= 4 is 17.0 Å². The molecule has 1 aromatic carbocycles. The molecule has 1 unspecified atom stereocenters. The molecule has 1 aromatic heterocycles. The van der Waals surface area contributed by atoms with E-state index in [-0.39, 0.29) is 6.04 Å². The van der Waals surface area contributed by atoms with Crippen LogP contribution in [-0.2, 0) is 0 Å². The average Bonchev–Trinajstić information content (AvgIpc) is 2.62. The fraction of sp³-hybridized carbons (Fsp3) is 0.385. The maximum atomic E-state index is 8.96. The molecule has 1 heterocycles. The molecule has 0 saturated carbocycles. The monoisotopic (exact) mass is 243 g/mol. The van der Waals surface area contributed by atoms with E-state index in [1.165, 1.54) is 0 Å². The number of imidazole rings is 1. The van der Waals surface area contributed by atoms with Gasteiger partial charge in [-0.15, -0.1) is 0 Å². The number of aromatic nitrogens is 2. The number of anilines is 1. The normalized spacial score (nSPS) is 12.8. The number of benzene rings is 1. The summed E-state index contributed by atoms with van der Waals surface area (Å²) in [5, 5.41) is 8.96. The van der Waals surface area contributed by atoms with Gasteiger partial charge in [-0.3, -0.25) is 0 Å². The fourth-order valence-corrected chi connectivity index (χ4v) is 2.25. The maximum absolute atomic E-state index is 8.96. The SMILES string of the molecule is CC(CN(C)C)n1c(N)nc2ccc(C#N)cc21. The number of likely N-dealkylation sites (N-methyl/N-ethyl adjacent to an activating group) is 1. The molecule has 0 aliphatic carbocycles. The summed E-state index contributed by atoms with van der Waals surface area (Å²) in [5.41, 5.74) is 8.35. The fourth-order valence-electron chi connectivity index (χ4n) is 2.25. The molecule has 0 fully saturated rings. The van der Waals surface area contributed by atoms with Crippen LogP contribution in [0.4, 0.5) is 5.95 Å². The number of nitrogens with two attached hydrogens (primary N) is 1. The van der Waals surface area contributed by atoms with Crippen molar-refractivity contribution in [3.8, 4) is 6.07 Å². The molecule has 0 bridgehead atoms. The van der Waals surface area contributed by atoms with Crippen molar-refractivity contribution < 1.29 is 0 Å². The van der Waals surface area contributed by atoms with Crippen molar-refractivity contribution in [2.45, 2.75) is 13.0 Å². The van der Waals surface area contributed by atoms with Crippen LogP contribution in [0.2, 0.25) is 0 Å². The number of hydrogen-bond donors (Lipinski definition) is 1. The standard InChI is InChI=1S/C13H17N5/c1-9(8-17(2)3)18-12-6-10(7-14)4-5-11(12)16-13(18)15/h4-6,9H,8H2,1-3H3,(H2,15,16). The van der Waals surface area contributed by atoms with Gasteiger partial charge in [-0.05, 0) is 39.2 Å². The molecule has 0 radical (unpaired) electrons. The summed E-state index contributed by atoms with van der Waals surface area (Å²) in [6, 6.07) is 7.78. The highest BCUT2D eigenvalue weighted by atomic mass is 15.2. The Kier molecular flexibility index (Phi) is 3.21. The minimum atomic E-state index is 0.207. The van der Waals surface area contributed by atoms with Crippen molar-refractivity contribution in [2.24, 2.45) is 0 Å². The van der Waals surface area contributed by atoms with Crippen LogP contribution >= 0.6 is 0 Å². The Bertz CT molecular complexity index is 606. The number of nitriles is 1. The molecule has 5 heteroatoms. The van der Waals surface area contributed by atoms with Gasteiger partial charge in [0.2, 0.25) is 5.95 Å². The Morgan fingerprint density at radius 2 is 2.22 bits per heavy atom. The Balaban J connectivity index is 2.55. The first kappa shape index (κ1) is 12.4. The first-order valence-electron chi connectivity index (χ1n) is 5.85. The second kappa shape index (κ2) is 4.67. The molecule has 0 spiro atoms. The zero-order chi connectivity index (χ0) is 13.3. The van der Waals surface area contributed by atoms with E-state index in [1.807, 2.05) is 30.8 Å². The lowest BCUT2D eigenvalue weighted by Gasteiger charge is -2.20. The number of rotatable bonds is 3. The van der Waals surface area contributed by atoms with Crippen LogP contribution < -0.4 is 5.73 Å². The van der Waals surface area contributed by atoms with E-state index in [9.17, 15) is 0 Å². The van der Waals surface area contributed by atoms with Crippen molar-refractivity contribution in [3.63, 3.8) is 0 Å². The molecule has 1 atom stereocenters. The van der Waals surface area contributed by atoms with Gasteiger partial charge >= 0.3 is 0 Å². The first-order valence-corrected chi connectivity index (χ1v) is 5.85. The van der Waals surface area contributed by atoms with Gasteiger partial charge in [0.25, 0.3) is 0 Å². The van der Waals surface area contributed by atoms with Gasteiger partial charge in [-0.25, -0.2) is 4.98 Å². The van der Waals surface area contributed by atoms with Crippen LogP contribution in [0.15, 0.2) is 18.2 Å². The van der Waals surface area contributed by atoms with Crippen LogP contribution in [0.3, 0.4) is 0 Å². The minimum Gasteiger partial charge on any atom is -0.369 e. The Morgan fingerprint density at radius 3 is 2.83 bits per heavy atom. The van der Waals surface area contributed by atoms with Gasteiger partial charge in [-0.2, -0.15) is 5.26 Å². The van der Waals surface area contributed by atoms with Gasteiger partial charge in [0.15, 0.2) is 0 Å². The highest BCUT2D eigenvalue weighted by molar-refractivity contribution is 5.80. The lowest BCUT2D eigenvalue weighted by atomic mass is 10.2. The summed E-state index contributed by atoms with van der Waals surface area (Å²) >= 11 is 0. The van der Waals surface area contributed by atoms with Crippen LogP contribution in [-0.4, -0.2) is 35.1 Å². The Hall–Kier alpha value is -2.06. The molecule has 0 aliphatic rings. The van der Waals surface area contributed by atoms with Gasteiger partial charge in [0, 0.05) is 12.6 Å². The third kappa shape index (κ3) is 2.15. The van der Waals surface area contributed by atoms with Crippen molar-refractivity contribution in [3.05, 3.63) is 23.8 Å². The predicted molar refractivity (Wildman–Crippen MR) is 72.1 cm³/mol. The quantitative estimate of drug-likeness (QED) is 0.889. The molecular formula is C13H17N5. The molecule has 5 nitrogen and oxygen atoms in total. The number of hydrogen-bond acceptors (Lipinski definition) is 4. The van der Waals surface area contributed by atoms with Crippen LogP contribution in [0.1, 0.15) is 18.5 Å². The van der Waals surface area contributed by atoms with E-state index >= 15 is 0 Å². The highest BCUT2D eigenvalue weighted by Crippen LogP contribution is 2.23. The lowest BCUT2D eigenvalue weighted by molar-refractivity contribution is 0.342. The van der Waals surface area contributed by atoms with Crippen LogP contribution in [0.5, 0.6) is 0 Å². The molecule has 2 aromatic rings. The second-order valence-electron chi connectivity index (χ2n) is 4.77. The van der Waals surface area contributed by atoms with Crippen LogP contribution in [0, 0.1) is 11.3 Å². The van der Waals surface area contributed by atoms with Crippen molar-refractivity contribution in [1.82, 2.24) is 14.5 Å². The predicted octanol–water partition coefficient (Wildman–Crippen LogP) is 1.61. The summed E-state index contributed by atoms with van der Waals surface area (Å²) in [4.78, 5) is 6.43. The summed E-state index contributed by atoms with van der Waals surface area (Å²) in [5.74, 6) is 0.495. The van der Waals surface area contributed by atoms with E-state index < -0.39 is 0 Å². The molecular weight excluding hydrogens is 226 g/mol.